The van der Waals surface area contributed by atoms with Crippen LogP contribution in [-0.2, 0) is 9.53 Å². The Morgan fingerprint density at radius 3 is 2.43 bits per heavy atom. The Kier molecular flexibility index (Phi) is 4.80. The van der Waals surface area contributed by atoms with Crippen molar-refractivity contribution in [1.82, 2.24) is 9.80 Å². The molecule has 0 aromatic heterocycles. The summed E-state index contributed by atoms with van der Waals surface area (Å²) in [7, 11) is 1.38. The van der Waals surface area contributed by atoms with Crippen molar-refractivity contribution in [2.75, 3.05) is 45.6 Å². The van der Waals surface area contributed by atoms with Crippen LogP contribution in [0.15, 0.2) is 18.2 Å². The molecular weight excluding hydrogens is 270 g/mol. The van der Waals surface area contributed by atoms with Gasteiger partial charge in [-0.1, -0.05) is 0 Å². The fourth-order valence-electron chi connectivity index (χ4n) is 2.47. The van der Waals surface area contributed by atoms with Gasteiger partial charge in [0.2, 0.25) is 0 Å². The van der Waals surface area contributed by atoms with Gasteiger partial charge in [0, 0.05) is 37.4 Å². The molecule has 0 aliphatic carbocycles. The highest BCUT2D eigenvalue weighted by molar-refractivity contribution is 5.95. The lowest BCUT2D eigenvalue weighted by Crippen LogP contribution is -2.50. The molecule has 2 N–H and O–H groups in total. The number of nitrogen functional groups attached to an aromatic ring is 1. The summed E-state index contributed by atoms with van der Waals surface area (Å²) in [6, 6.07) is 5.39. The molecule has 0 unspecified atom stereocenters. The Morgan fingerprint density at radius 1 is 1.19 bits per heavy atom. The Balaban J connectivity index is 1.95. The Hall–Kier alpha value is -2.08. The van der Waals surface area contributed by atoms with Crippen molar-refractivity contribution in [3.05, 3.63) is 29.3 Å². The molecule has 114 valence electrons. The number of aryl methyl sites for hydroxylation is 1. The van der Waals surface area contributed by atoms with Gasteiger partial charge in [0.05, 0.1) is 13.7 Å². The third-order valence-corrected chi connectivity index (χ3v) is 3.59. The first-order valence-electron chi connectivity index (χ1n) is 6.95. The molecule has 0 spiro atoms. The highest BCUT2D eigenvalue weighted by Crippen LogP contribution is 2.14. The van der Waals surface area contributed by atoms with Crippen molar-refractivity contribution in [2.24, 2.45) is 0 Å². The van der Waals surface area contributed by atoms with Crippen LogP contribution in [0.25, 0.3) is 0 Å². The van der Waals surface area contributed by atoms with E-state index in [4.69, 9.17) is 5.73 Å². The maximum atomic E-state index is 12.4. The summed E-state index contributed by atoms with van der Waals surface area (Å²) in [6.45, 7) is 4.73. The van der Waals surface area contributed by atoms with E-state index in [1.165, 1.54) is 7.11 Å². The van der Waals surface area contributed by atoms with Crippen LogP contribution in [0.2, 0.25) is 0 Å². The molecule has 6 heteroatoms. The fourth-order valence-corrected chi connectivity index (χ4v) is 2.47. The minimum Gasteiger partial charge on any atom is -0.468 e. The van der Waals surface area contributed by atoms with Crippen LogP contribution in [0.3, 0.4) is 0 Å². The molecule has 1 aromatic carbocycles. The number of carbonyl (C=O) groups excluding carboxylic acids is 2. The van der Waals surface area contributed by atoms with Gasteiger partial charge in [0.25, 0.3) is 5.91 Å². The number of carbonyl (C=O) groups is 2. The second-order valence-corrected chi connectivity index (χ2v) is 5.28. The van der Waals surface area contributed by atoms with Crippen molar-refractivity contribution in [2.45, 2.75) is 6.92 Å². The minimum absolute atomic E-state index is 0.0110. The first-order valence-corrected chi connectivity index (χ1v) is 6.95. The van der Waals surface area contributed by atoms with Crippen molar-refractivity contribution in [3.63, 3.8) is 0 Å². The molecular formula is C15H21N3O3. The third kappa shape index (κ3) is 3.95. The lowest BCUT2D eigenvalue weighted by Gasteiger charge is -2.34. The van der Waals surface area contributed by atoms with Gasteiger partial charge < -0.3 is 15.4 Å². The van der Waals surface area contributed by atoms with E-state index in [1.807, 2.05) is 24.0 Å². The summed E-state index contributed by atoms with van der Waals surface area (Å²) in [5.41, 5.74) is 7.98. The number of rotatable bonds is 3. The van der Waals surface area contributed by atoms with Gasteiger partial charge in [-0.15, -0.1) is 0 Å². The zero-order valence-electron chi connectivity index (χ0n) is 12.5. The van der Waals surface area contributed by atoms with E-state index in [1.54, 1.807) is 11.0 Å². The van der Waals surface area contributed by atoms with Crippen LogP contribution in [0, 0.1) is 6.92 Å². The van der Waals surface area contributed by atoms with Gasteiger partial charge >= 0.3 is 5.97 Å². The number of ether oxygens (including phenoxy) is 1. The zero-order valence-corrected chi connectivity index (χ0v) is 12.5. The first-order chi connectivity index (χ1) is 9.99. The summed E-state index contributed by atoms with van der Waals surface area (Å²) in [5.74, 6) is -0.260. The summed E-state index contributed by atoms with van der Waals surface area (Å²) in [6.07, 6.45) is 0. The van der Waals surface area contributed by atoms with Gasteiger partial charge in [-0.2, -0.15) is 0 Å². The normalized spacial score (nSPS) is 15.8. The number of nitrogens with two attached hydrogens (primary N) is 1. The Bertz CT molecular complexity index is 517. The molecule has 1 saturated heterocycles. The summed E-state index contributed by atoms with van der Waals surface area (Å²) >= 11 is 0. The average Bonchev–Trinajstić information content (AvgIpc) is 2.46. The van der Waals surface area contributed by atoms with Crippen molar-refractivity contribution >= 4 is 17.6 Å². The first kappa shape index (κ1) is 15.3. The molecule has 6 nitrogen and oxygen atoms in total. The van der Waals surface area contributed by atoms with Gasteiger partial charge in [-0.05, 0) is 30.7 Å². The second-order valence-electron chi connectivity index (χ2n) is 5.28. The average molecular weight is 291 g/mol. The summed E-state index contributed by atoms with van der Waals surface area (Å²) < 4.78 is 4.65. The number of hydrogen-bond donors (Lipinski definition) is 1. The Labute approximate surface area is 124 Å². The number of anilines is 1. The predicted molar refractivity (Wildman–Crippen MR) is 80.0 cm³/mol. The lowest BCUT2D eigenvalue weighted by atomic mass is 10.1. The van der Waals surface area contributed by atoms with Crippen molar-refractivity contribution in [1.29, 1.82) is 0 Å². The van der Waals surface area contributed by atoms with Crippen LogP contribution in [0.1, 0.15) is 15.9 Å². The van der Waals surface area contributed by atoms with Crippen molar-refractivity contribution in [3.8, 4) is 0 Å². The van der Waals surface area contributed by atoms with Gasteiger partial charge in [0.15, 0.2) is 0 Å². The quantitative estimate of drug-likeness (QED) is 0.648. The molecule has 1 aromatic rings. The van der Waals surface area contributed by atoms with Gasteiger partial charge in [-0.25, -0.2) is 0 Å². The number of piperazine rings is 1. The van der Waals surface area contributed by atoms with E-state index < -0.39 is 0 Å². The van der Waals surface area contributed by atoms with Crippen LogP contribution < -0.4 is 5.73 Å². The molecule has 1 amide bonds. The molecule has 21 heavy (non-hydrogen) atoms. The highest BCUT2D eigenvalue weighted by Gasteiger charge is 2.23. The number of hydrogen-bond acceptors (Lipinski definition) is 5. The summed E-state index contributed by atoms with van der Waals surface area (Å²) in [4.78, 5) is 27.5. The van der Waals surface area contributed by atoms with Crippen LogP contribution in [0.5, 0.6) is 0 Å². The zero-order chi connectivity index (χ0) is 15.4. The predicted octanol–water partition coefficient (Wildman–Crippen LogP) is 0.508. The van der Waals surface area contributed by atoms with E-state index in [2.05, 4.69) is 4.74 Å². The molecule has 1 fully saturated rings. The molecule has 0 bridgehead atoms. The van der Waals surface area contributed by atoms with Crippen LogP contribution in [-0.4, -0.2) is 61.5 Å². The Morgan fingerprint density at radius 2 is 1.86 bits per heavy atom. The van der Waals surface area contributed by atoms with Crippen LogP contribution in [0.4, 0.5) is 5.69 Å². The van der Waals surface area contributed by atoms with E-state index in [9.17, 15) is 9.59 Å². The minimum atomic E-state index is -0.249. The molecule has 1 aliphatic heterocycles. The molecule has 1 aliphatic rings. The second kappa shape index (κ2) is 6.58. The summed E-state index contributed by atoms with van der Waals surface area (Å²) in [5, 5.41) is 0. The molecule has 1 heterocycles. The number of benzene rings is 1. The lowest BCUT2D eigenvalue weighted by molar-refractivity contribution is -0.142. The monoisotopic (exact) mass is 291 g/mol. The maximum Gasteiger partial charge on any atom is 0.319 e. The van der Waals surface area contributed by atoms with Gasteiger partial charge in [-0.3, -0.25) is 14.5 Å². The SMILES string of the molecule is COC(=O)CN1CCN(C(=O)c2cc(C)cc(N)c2)CC1. The van der Waals surface area contributed by atoms with Crippen LogP contribution >= 0.6 is 0 Å². The number of methoxy groups -OCH3 is 1. The number of esters is 1. The van der Waals surface area contributed by atoms with E-state index in [-0.39, 0.29) is 18.4 Å². The number of amides is 1. The smallest absolute Gasteiger partial charge is 0.319 e. The molecule has 0 radical (unpaired) electrons. The number of nitrogens with zero attached hydrogens (tertiary/aromatic N) is 2. The molecule has 2 rings (SSSR count). The van der Waals surface area contributed by atoms with E-state index in [0.29, 0.717) is 37.4 Å². The van der Waals surface area contributed by atoms with E-state index in [0.717, 1.165) is 5.56 Å². The highest BCUT2D eigenvalue weighted by atomic mass is 16.5. The topological polar surface area (TPSA) is 75.9 Å². The van der Waals surface area contributed by atoms with E-state index >= 15 is 0 Å². The third-order valence-electron chi connectivity index (χ3n) is 3.59. The largest absolute Gasteiger partial charge is 0.468 e. The molecule has 0 atom stereocenters. The standard InChI is InChI=1S/C15H21N3O3/c1-11-7-12(9-13(16)8-11)15(20)18-5-3-17(4-6-18)10-14(19)21-2/h7-9H,3-6,10,16H2,1-2H3. The molecule has 0 saturated carbocycles. The van der Waals surface area contributed by atoms with Gasteiger partial charge in [0.1, 0.15) is 0 Å². The van der Waals surface area contributed by atoms with Crippen molar-refractivity contribution < 1.29 is 14.3 Å². The maximum absolute atomic E-state index is 12.4. The fraction of sp³-hybridized carbons (Fsp3) is 0.467.